The van der Waals surface area contributed by atoms with E-state index in [4.69, 9.17) is 5.26 Å². The van der Waals surface area contributed by atoms with Crippen LogP contribution in [0.5, 0.6) is 0 Å². The fourth-order valence-corrected chi connectivity index (χ4v) is 3.62. The van der Waals surface area contributed by atoms with Crippen molar-refractivity contribution in [3.8, 4) is 6.07 Å². The maximum atomic E-state index is 12.8. The van der Waals surface area contributed by atoms with Gasteiger partial charge in [0.15, 0.2) is 9.84 Å². The summed E-state index contributed by atoms with van der Waals surface area (Å²) in [6.07, 6.45) is 1.55. The van der Waals surface area contributed by atoms with Crippen LogP contribution in [0.25, 0.3) is 0 Å². The summed E-state index contributed by atoms with van der Waals surface area (Å²) in [5.74, 6) is 0.383. The van der Waals surface area contributed by atoms with Crippen LogP contribution in [0.4, 0.5) is 5.82 Å². The summed E-state index contributed by atoms with van der Waals surface area (Å²) in [7, 11) is -3.54. The fraction of sp³-hybridized carbons (Fsp3) is 0.250. The summed E-state index contributed by atoms with van der Waals surface area (Å²) in [6, 6.07) is 11.9. The van der Waals surface area contributed by atoms with E-state index < -0.39 is 14.6 Å². The van der Waals surface area contributed by atoms with E-state index in [9.17, 15) is 8.42 Å². The van der Waals surface area contributed by atoms with E-state index in [0.29, 0.717) is 11.4 Å². The molecule has 0 atom stereocenters. The number of nitrogens with one attached hydrogen (secondary N) is 1. The molecule has 0 aliphatic heterocycles. The van der Waals surface area contributed by atoms with Crippen LogP contribution in [0, 0.1) is 11.3 Å². The van der Waals surface area contributed by atoms with E-state index >= 15 is 0 Å². The van der Waals surface area contributed by atoms with Gasteiger partial charge in [-0.2, -0.15) is 5.26 Å². The molecule has 23 heavy (non-hydrogen) atoms. The van der Waals surface area contributed by atoms with Crippen molar-refractivity contribution in [2.24, 2.45) is 0 Å². The SMILES string of the molecule is CC(C)(CNc1ncccc1C#N)S(=O)(=O)c1ccc(Br)cc1. The molecule has 0 aliphatic rings. The molecule has 1 heterocycles. The highest BCUT2D eigenvalue weighted by atomic mass is 79.9. The summed E-state index contributed by atoms with van der Waals surface area (Å²) < 4.78 is 25.4. The maximum absolute atomic E-state index is 12.8. The van der Waals surface area contributed by atoms with Crippen LogP contribution in [0.2, 0.25) is 0 Å². The first-order valence-corrected chi connectivity index (χ1v) is 9.15. The average molecular weight is 394 g/mol. The molecule has 1 N–H and O–H groups in total. The third-order valence-corrected chi connectivity index (χ3v) is 6.48. The molecule has 0 amide bonds. The van der Waals surface area contributed by atoms with Gasteiger partial charge in [0.2, 0.25) is 0 Å². The Morgan fingerprint density at radius 2 is 1.91 bits per heavy atom. The van der Waals surface area contributed by atoms with Crippen molar-refractivity contribution in [3.63, 3.8) is 0 Å². The van der Waals surface area contributed by atoms with Crippen molar-refractivity contribution in [2.75, 3.05) is 11.9 Å². The zero-order chi connectivity index (χ0) is 17.1. The van der Waals surface area contributed by atoms with Crippen molar-refractivity contribution in [1.29, 1.82) is 5.26 Å². The second-order valence-electron chi connectivity index (χ2n) is 5.58. The second kappa shape index (κ2) is 6.69. The molecule has 1 aromatic heterocycles. The molecule has 7 heteroatoms. The number of aromatic nitrogens is 1. The number of halogens is 1. The van der Waals surface area contributed by atoms with Crippen molar-refractivity contribution in [1.82, 2.24) is 4.98 Å². The highest BCUT2D eigenvalue weighted by molar-refractivity contribution is 9.10. The van der Waals surface area contributed by atoms with Gasteiger partial charge in [-0.15, -0.1) is 0 Å². The first-order chi connectivity index (χ1) is 10.8. The van der Waals surface area contributed by atoms with Gasteiger partial charge in [-0.1, -0.05) is 15.9 Å². The zero-order valence-corrected chi connectivity index (χ0v) is 15.1. The minimum Gasteiger partial charge on any atom is -0.367 e. The van der Waals surface area contributed by atoms with Gasteiger partial charge in [0, 0.05) is 17.2 Å². The van der Waals surface area contributed by atoms with E-state index in [1.165, 1.54) is 0 Å². The van der Waals surface area contributed by atoms with Crippen LogP contribution in [0.15, 0.2) is 52.0 Å². The normalized spacial score (nSPS) is 11.7. The van der Waals surface area contributed by atoms with E-state index in [1.54, 1.807) is 56.4 Å². The third kappa shape index (κ3) is 3.71. The number of nitriles is 1. The highest BCUT2D eigenvalue weighted by Gasteiger charge is 2.35. The van der Waals surface area contributed by atoms with Crippen LogP contribution in [0.3, 0.4) is 0 Å². The Morgan fingerprint density at radius 1 is 1.26 bits per heavy atom. The summed E-state index contributed by atoms with van der Waals surface area (Å²) in [6.45, 7) is 3.43. The number of hydrogen-bond acceptors (Lipinski definition) is 5. The molecule has 0 bridgehead atoms. The quantitative estimate of drug-likeness (QED) is 0.841. The van der Waals surface area contributed by atoms with Crippen molar-refractivity contribution >= 4 is 31.6 Å². The van der Waals surface area contributed by atoms with Crippen LogP contribution in [0.1, 0.15) is 19.4 Å². The molecule has 0 aliphatic carbocycles. The number of nitrogens with zero attached hydrogens (tertiary/aromatic N) is 2. The van der Waals surface area contributed by atoms with Crippen molar-refractivity contribution in [2.45, 2.75) is 23.5 Å². The lowest BCUT2D eigenvalue weighted by Crippen LogP contribution is -2.39. The lowest BCUT2D eigenvalue weighted by atomic mass is 10.2. The van der Waals surface area contributed by atoms with Crippen LogP contribution < -0.4 is 5.32 Å². The van der Waals surface area contributed by atoms with E-state index in [-0.39, 0.29) is 11.4 Å². The van der Waals surface area contributed by atoms with Gasteiger partial charge in [-0.05, 0) is 50.2 Å². The van der Waals surface area contributed by atoms with E-state index in [1.807, 2.05) is 6.07 Å². The third-order valence-electron chi connectivity index (χ3n) is 3.46. The molecule has 0 unspecified atom stereocenters. The maximum Gasteiger partial charge on any atom is 0.185 e. The van der Waals surface area contributed by atoms with Gasteiger partial charge in [0.05, 0.1) is 15.2 Å². The monoisotopic (exact) mass is 393 g/mol. The Balaban J connectivity index is 2.24. The molecule has 0 radical (unpaired) electrons. The van der Waals surface area contributed by atoms with Gasteiger partial charge in [0.1, 0.15) is 11.9 Å². The van der Waals surface area contributed by atoms with Gasteiger partial charge in [-0.3, -0.25) is 0 Å². The van der Waals surface area contributed by atoms with Gasteiger partial charge < -0.3 is 5.32 Å². The number of pyridine rings is 1. The number of hydrogen-bond donors (Lipinski definition) is 1. The zero-order valence-electron chi connectivity index (χ0n) is 12.7. The summed E-state index contributed by atoms with van der Waals surface area (Å²) >= 11 is 3.29. The first-order valence-electron chi connectivity index (χ1n) is 6.87. The second-order valence-corrected chi connectivity index (χ2v) is 9.08. The first kappa shape index (κ1) is 17.4. The van der Waals surface area contributed by atoms with Gasteiger partial charge in [-0.25, -0.2) is 13.4 Å². The van der Waals surface area contributed by atoms with Gasteiger partial charge >= 0.3 is 0 Å². The van der Waals surface area contributed by atoms with Crippen molar-refractivity contribution < 1.29 is 8.42 Å². The van der Waals surface area contributed by atoms with E-state index in [0.717, 1.165) is 4.47 Å². The van der Waals surface area contributed by atoms with Crippen LogP contribution in [-0.2, 0) is 9.84 Å². The molecule has 0 saturated heterocycles. The molecule has 120 valence electrons. The number of sulfone groups is 1. The Hall–Kier alpha value is -1.91. The molecule has 5 nitrogen and oxygen atoms in total. The minimum atomic E-state index is -3.54. The minimum absolute atomic E-state index is 0.136. The number of rotatable bonds is 5. The van der Waals surface area contributed by atoms with Crippen LogP contribution >= 0.6 is 15.9 Å². The Kier molecular flexibility index (Phi) is 5.07. The Labute approximate surface area is 144 Å². The standard InChI is InChI=1S/C16H16BrN3O2S/c1-16(2,11-20-15-12(10-18)4-3-9-19-15)23(21,22)14-7-5-13(17)6-8-14/h3-9H,11H2,1-2H3,(H,19,20). The molecular weight excluding hydrogens is 378 g/mol. The lowest BCUT2D eigenvalue weighted by molar-refractivity contribution is 0.553. The topological polar surface area (TPSA) is 82.8 Å². The number of anilines is 1. The predicted molar refractivity (Wildman–Crippen MR) is 92.8 cm³/mol. The molecular formula is C16H16BrN3O2S. The number of benzene rings is 1. The molecule has 0 spiro atoms. The average Bonchev–Trinajstić information content (AvgIpc) is 2.53. The fourth-order valence-electron chi connectivity index (χ4n) is 1.96. The highest BCUT2D eigenvalue weighted by Crippen LogP contribution is 2.27. The molecule has 2 aromatic rings. The summed E-state index contributed by atoms with van der Waals surface area (Å²) in [5, 5.41) is 12.0. The smallest absolute Gasteiger partial charge is 0.185 e. The predicted octanol–water partition coefficient (Wildman–Crippen LogP) is 3.38. The molecule has 1 aromatic carbocycles. The van der Waals surface area contributed by atoms with E-state index in [2.05, 4.69) is 26.2 Å². The van der Waals surface area contributed by atoms with Crippen molar-refractivity contribution in [3.05, 3.63) is 52.6 Å². The molecule has 0 saturated carbocycles. The molecule has 0 fully saturated rings. The van der Waals surface area contributed by atoms with Crippen LogP contribution in [-0.4, -0.2) is 24.7 Å². The Bertz CT molecular complexity index is 840. The van der Waals surface area contributed by atoms with Gasteiger partial charge in [0.25, 0.3) is 0 Å². The largest absolute Gasteiger partial charge is 0.367 e. The molecule has 2 rings (SSSR count). The summed E-state index contributed by atoms with van der Waals surface area (Å²) in [4.78, 5) is 4.34. The summed E-state index contributed by atoms with van der Waals surface area (Å²) in [5.41, 5.74) is 0.379. The lowest BCUT2D eigenvalue weighted by Gasteiger charge is -2.25. The Morgan fingerprint density at radius 3 is 2.52 bits per heavy atom.